The molecule has 1 unspecified atom stereocenters. The predicted molar refractivity (Wildman–Crippen MR) is 89.8 cm³/mol. The molecular formula is C17H18N2O6. The third kappa shape index (κ3) is 3.73. The summed E-state index contributed by atoms with van der Waals surface area (Å²) < 4.78 is 4.72. The van der Waals surface area contributed by atoms with Gasteiger partial charge in [0.1, 0.15) is 11.7 Å². The number of rotatable bonds is 4. The van der Waals surface area contributed by atoms with Gasteiger partial charge in [0, 0.05) is 24.8 Å². The van der Waals surface area contributed by atoms with Crippen LogP contribution in [0.3, 0.4) is 0 Å². The van der Waals surface area contributed by atoms with Crippen LogP contribution in [0.25, 0.3) is 0 Å². The van der Waals surface area contributed by atoms with Crippen LogP contribution in [0.2, 0.25) is 0 Å². The number of esters is 1. The zero-order valence-electron chi connectivity index (χ0n) is 14.1. The second kappa shape index (κ2) is 6.84. The van der Waals surface area contributed by atoms with Gasteiger partial charge in [0.25, 0.3) is 5.69 Å². The Labute approximate surface area is 144 Å². The molecule has 1 aliphatic carbocycles. The van der Waals surface area contributed by atoms with Gasteiger partial charge in [-0.2, -0.15) is 0 Å². The number of aliphatic hydroxyl groups excluding tert-OH is 1. The van der Waals surface area contributed by atoms with Crippen LogP contribution in [0.4, 0.5) is 11.4 Å². The molecule has 8 heteroatoms. The van der Waals surface area contributed by atoms with Crippen molar-refractivity contribution in [1.82, 2.24) is 0 Å². The molecule has 1 aliphatic rings. The van der Waals surface area contributed by atoms with Crippen LogP contribution < -0.4 is 0 Å². The molecule has 1 N–H and O–H groups in total. The minimum absolute atomic E-state index is 0.0348. The number of nitrogens with zero attached hydrogens (tertiary/aromatic N) is 2. The molecule has 8 nitrogen and oxygen atoms in total. The number of hydrogen-bond acceptors (Lipinski definition) is 7. The van der Waals surface area contributed by atoms with Crippen molar-refractivity contribution in [2.24, 2.45) is 16.3 Å². The lowest BCUT2D eigenvalue weighted by Crippen LogP contribution is -2.40. The van der Waals surface area contributed by atoms with Gasteiger partial charge in [0.15, 0.2) is 5.78 Å². The Hall–Kier alpha value is -3.03. The van der Waals surface area contributed by atoms with Gasteiger partial charge in [-0.25, -0.2) is 0 Å². The molecular weight excluding hydrogens is 328 g/mol. The molecule has 0 aromatic heterocycles. The molecule has 0 saturated carbocycles. The first-order chi connectivity index (χ1) is 11.7. The summed E-state index contributed by atoms with van der Waals surface area (Å²) in [6.45, 7) is 3.38. The van der Waals surface area contributed by atoms with Crippen molar-refractivity contribution in [1.29, 1.82) is 0 Å². The molecule has 1 atom stereocenters. The number of Topliss-reactive ketones (excluding diaryl/α,β-unsaturated/α-hetero) is 1. The first-order valence-electron chi connectivity index (χ1n) is 7.50. The molecule has 0 spiro atoms. The van der Waals surface area contributed by atoms with E-state index in [1.807, 2.05) is 0 Å². The number of carbonyl (C=O) groups excluding carboxylic acids is 2. The van der Waals surface area contributed by atoms with Crippen molar-refractivity contribution in [3.63, 3.8) is 0 Å². The summed E-state index contributed by atoms with van der Waals surface area (Å²) in [6.07, 6.45) is 1.16. The summed E-state index contributed by atoms with van der Waals surface area (Å²) >= 11 is 0. The number of methoxy groups -OCH3 is 1. The Morgan fingerprint density at radius 2 is 2.16 bits per heavy atom. The number of nitro benzene ring substituents is 1. The number of aliphatic hydroxyl groups is 1. The lowest BCUT2D eigenvalue weighted by Gasteiger charge is -2.35. The van der Waals surface area contributed by atoms with E-state index in [4.69, 9.17) is 4.74 Å². The number of benzene rings is 1. The summed E-state index contributed by atoms with van der Waals surface area (Å²) in [5, 5.41) is 21.2. The number of ketones is 1. The standard InChI is InChI=1S/C17H18N2O6/c1-17(2)8-13(20)12(15(21)14(17)16(22)25-3)9-18-10-5-4-6-11(7-10)19(23)24/h4-7,9,14,21H,8H2,1-3H3. The lowest BCUT2D eigenvalue weighted by molar-refractivity contribution is -0.384. The van der Waals surface area contributed by atoms with Crippen molar-refractivity contribution in [3.05, 3.63) is 45.7 Å². The number of hydrogen-bond donors (Lipinski definition) is 1. The molecule has 0 fully saturated rings. The largest absolute Gasteiger partial charge is 0.511 e. The van der Waals surface area contributed by atoms with Gasteiger partial charge in [-0.1, -0.05) is 19.9 Å². The van der Waals surface area contributed by atoms with E-state index in [2.05, 4.69) is 4.99 Å². The van der Waals surface area contributed by atoms with Crippen molar-refractivity contribution < 1.29 is 24.4 Å². The van der Waals surface area contributed by atoms with Gasteiger partial charge >= 0.3 is 5.97 Å². The maximum Gasteiger partial charge on any atom is 0.316 e. The van der Waals surface area contributed by atoms with Crippen LogP contribution >= 0.6 is 0 Å². The molecule has 0 saturated heterocycles. The highest BCUT2D eigenvalue weighted by molar-refractivity contribution is 6.15. The number of aliphatic imine (C=N–C) groups is 1. The first kappa shape index (κ1) is 18.3. The fourth-order valence-electron chi connectivity index (χ4n) is 2.79. The number of allylic oxidation sites excluding steroid dienone is 1. The van der Waals surface area contributed by atoms with Crippen molar-refractivity contribution in [3.8, 4) is 0 Å². The second-order valence-electron chi connectivity index (χ2n) is 6.38. The Morgan fingerprint density at radius 1 is 1.48 bits per heavy atom. The normalized spacial score (nSPS) is 20.0. The highest BCUT2D eigenvalue weighted by Crippen LogP contribution is 2.41. The molecule has 0 aliphatic heterocycles. The summed E-state index contributed by atoms with van der Waals surface area (Å²) in [5.74, 6) is -2.39. The van der Waals surface area contributed by atoms with Gasteiger partial charge in [0.2, 0.25) is 0 Å². The van der Waals surface area contributed by atoms with Crippen molar-refractivity contribution in [2.75, 3.05) is 7.11 Å². The first-order valence-corrected chi connectivity index (χ1v) is 7.50. The average molecular weight is 346 g/mol. The number of ether oxygens (including phenoxy) is 1. The Balaban J connectivity index is 2.42. The molecule has 0 bridgehead atoms. The Morgan fingerprint density at radius 3 is 2.76 bits per heavy atom. The topological polar surface area (TPSA) is 119 Å². The fraction of sp³-hybridized carbons (Fsp3) is 0.353. The SMILES string of the molecule is COC(=O)C1C(O)=C(C=Nc2cccc([N+](=O)[O-])c2)C(=O)CC1(C)C. The highest BCUT2D eigenvalue weighted by Gasteiger charge is 2.46. The van der Waals surface area contributed by atoms with E-state index in [9.17, 15) is 24.8 Å². The molecule has 0 radical (unpaired) electrons. The highest BCUT2D eigenvalue weighted by atomic mass is 16.6. The minimum atomic E-state index is -0.984. The number of non-ortho nitro benzene ring substituents is 1. The van der Waals surface area contributed by atoms with E-state index in [1.54, 1.807) is 13.8 Å². The van der Waals surface area contributed by atoms with Gasteiger partial charge in [-0.3, -0.25) is 24.7 Å². The Kier molecular flexibility index (Phi) is 5.01. The molecule has 0 amide bonds. The van der Waals surface area contributed by atoms with Crippen molar-refractivity contribution >= 4 is 29.3 Å². The van der Waals surface area contributed by atoms with Crippen molar-refractivity contribution in [2.45, 2.75) is 20.3 Å². The van der Waals surface area contributed by atoms with Crippen LogP contribution in [-0.2, 0) is 14.3 Å². The van der Waals surface area contributed by atoms with Gasteiger partial charge in [-0.15, -0.1) is 0 Å². The number of nitro groups is 1. The van der Waals surface area contributed by atoms with Crippen LogP contribution in [0, 0.1) is 21.4 Å². The third-order valence-corrected chi connectivity index (χ3v) is 4.07. The van der Waals surface area contributed by atoms with Crippen LogP contribution in [-0.4, -0.2) is 35.1 Å². The maximum absolute atomic E-state index is 12.3. The zero-order chi connectivity index (χ0) is 18.8. The Bertz CT molecular complexity index is 794. The van der Waals surface area contributed by atoms with E-state index >= 15 is 0 Å². The molecule has 1 aromatic carbocycles. The van der Waals surface area contributed by atoms with Crippen LogP contribution in [0.5, 0.6) is 0 Å². The molecule has 1 aromatic rings. The predicted octanol–water partition coefficient (Wildman–Crippen LogP) is 2.90. The van der Waals surface area contributed by atoms with Gasteiger partial charge in [0.05, 0.1) is 23.3 Å². The zero-order valence-corrected chi connectivity index (χ0v) is 14.1. The van der Waals surface area contributed by atoms with E-state index in [0.717, 1.165) is 6.21 Å². The van der Waals surface area contributed by atoms with Crippen LogP contribution in [0.1, 0.15) is 20.3 Å². The van der Waals surface area contributed by atoms with E-state index in [1.165, 1.54) is 31.4 Å². The fourth-order valence-corrected chi connectivity index (χ4v) is 2.79. The maximum atomic E-state index is 12.3. The summed E-state index contributed by atoms with van der Waals surface area (Å²) in [5.41, 5.74) is -0.781. The molecule has 2 rings (SSSR count). The smallest absolute Gasteiger partial charge is 0.316 e. The minimum Gasteiger partial charge on any atom is -0.511 e. The lowest BCUT2D eigenvalue weighted by atomic mass is 9.68. The average Bonchev–Trinajstić information content (AvgIpc) is 2.53. The number of carbonyl (C=O) groups is 2. The second-order valence-corrected chi connectivity index (χ2v) is 6.38. The van der Waals surface area contributed by atoms with Crippen LogP contribution in [0.15, 0.2) is 40.6 Å². The van der Waals surface area contributed by atoms with E-state index in [-0.39, 0.29) is 29.2 Å². The molecule has 25 heavy (non-hydrogen) atoms. The molecule has 0 heterocycles. The van der Waals surface area contributed by atoms with Gasteiger partial charge < -0.3 is 9.84 Å². The summed E-state index contributed by atoms with van der Waals surface area (Å²) in [4.78, 5) is 38.5. The van der Waals surface area contributed by atoms with E-state index in [0.29, 0.717) is 0 Å². The monoisotopic (exact) mass is 346 g/mol. The van der Waals surface area contributed by atoms with Gasteiger partial charge in [-0.05, 0) is 11.5 Å². The summed E-state index contributed by atoms with van der Waals surface area (Å²) in [7, 11) is 1.21. The summed E-state index contributed by atoms with van der Waals surface area (Å²) in [6, 6.07) is 5.54. The molecule has 132 valence electrons. The third-order valence-electron chi connectivity index (χ3n) is 4.07. The quantitative estimate of drug-likeness (QED) is 0.387. The van der Waals surface area contributed by atoms with E-state index < -0.39 is 28.0 Å².